The van der Waals surface area contributed by atoms with Crippen molar-refractivity contribution in [2.75, 3.05) is 13.2 Å². The van der Waals surface area contributed by atoms with Crippen molar-refractivity contribution < 1.29 is 19.0 Å². The Morgan fingerprint density at radius 1 is 1.50 bits per heavy atom. The van der Waals surface area contributed by atoms with Gasteiger partial charge in [0, 0.05) is 12.8 Å². The molecule has 0 amide bonds. The molecule has 90 valence electrons. The number of hydrogen-bond donors (Lipinski definition) is 0. The summed E-state index contributed by atoms with van der Waals surface area (Å²) in [5, 5.41) is 0. The highest BCUT2D eigenvalue weighted by Crippen LogP contribution is 2.28. The quantitative estimate of drug-likeness (QED) is 0.542. The van der Waals surface area contributed by atoms with E-state index in [0.29, 0.717) is 19.1 Å². The van der Waals surface area contributed by atoms with Crippen LogP contribution < -0.4 is 0 Å². The number of esters is 1. The lowest BCUT2D eigenvalue weighted by molar-refractivity contribution is -0.147. The Hall–Kier alpha value is -0.870. The van der Waals surface area contributed by atoms with E-state index >= 15 is 0 Å². The van der Waals surface area contributed by atoms with Crippen molar-refractivity contribution in [2.45, 2.75) is 38.6 Å². The van der Waals surface area contributed by atoms with Crippen molar-refractivity contribution in [3.8, 4) is 0 Å². The molecule has 4 nitrogen and oxygen atoms in total. The van der Waals surface area contributed by atoms with Crippen LogP contribution in [-0.4, -0.2) is 31.6 Å². The molecule has 1 saturated heterocycles. The summed E-state index contributed by atoms with van der Waals surface area (Å²) in [4.78, 5) is 10.7. The lowest BCUT2D eigenvalue weighted by Gasteiger charge is -2.23. The van der Waals surface area contributed by atoms with Gasteiger partial charge in [-0.1, -0.05) is 12.2 Å². The smallest absolute Gasteiger partial charge is 0.302 e. The summed E-state index contributed by atoms with van der Waals surface area (Å²) < 4.78 is 16.2. The van der Waals surface area contributed by atoms with Gasteiger partial charge >= 0.3 is 5.97 Å². The predicted octanol–water partition coefficient (Wildman–Crippen LogP) is 1.65. The molecule has 1 aliphatic carbocycles. The lowest BCUT2D eigenvalue weighted by atomic mass is 9.94. The number of carbonyl (C=O) groups is 1. The van der Waals surface area contributed by atoms with Crippen molar-refractivity contribution in [1.82, 2.24) is 0 Å². The molecule has 1 heterocycles. The molecule has 0 saturated carbocycles. The third-order valence-corrected chi connectivity index (χ3v) is 2.94. The molecule has 3 atom stereocenters. The maximum atomic E-state index is 10.7. The summed E-state index contributed by atoms with van der Waals surface area (Å²) in [6.45, 7) is 2.23. The summed E-state index contributed by atoms with van der Waals surface area (Å²) in [6, 6.07) is 0. The average Bonchev–Trinajstić information content (AvgIpc) is 2.76. The molecule has 0 N–H and O–H groups in total. The van der Waals surface area contributed by atoms with Gasteiger partial charge in [-0.2, -0.15) is 0 Å². The zero-order valence-corrected chi connectivity index (χ0v) is 9.56. The second-order valence-corrected chi connectivity index (χ2v) is 4.31. The Labute approximate surface area is 95.6 Å². The van der Waals surface area contributed by atoms with Crippen LogP contribution >= 0.6 is 0 Å². The third kappa shape index (κ3) is 3.06. The third-order valence-electron chi connectivity index (χ3n) is 2.94. The Balaban J connectivity index is 1.74. The zero-order chi connectivity index (χ0) is 11.4. The van der Waals surface area contributed by atoms with Gasteiger partial charge in [0.25, 0.3) is 0 Å². The van der Waals surface area contributed by atoms with Crippen LogP contribution in [0.4, 0.5) is 0 Å². The van der Waals surface area contributed by atoms with Crippen LogP contribution in [0.1, 0.15) is 26.2 Å². The van der Waals surface area contributed by atoms with E-state index in [4.69, 9.17) is 14.2 Å². The van der Waals surface area contributed by atoms with E-state index in [2.05, 4.69) is 12.2 Å². The van der Waals surface area contributed by atoms with Gasteiger partial charge in [-0.3, -0.25) is 4.79 Å². The first kappa shape index (κ1) is 11.6. The molecule has 16 heavy (non-hydrogen) atoms. The summed E-state index contributed by atoms with van der Waals surface area (Å²) in [7, 11) is 0. The van der Waals surface area contributed by atoms with Crippen LogP contribution in [0.15, 0.2) is 12.2 Å². The molecule has 0 aromatic rings. The minimum Gasteiger partial charge on any atom is -0.463 e. The highest BCUT2D eigenvalue weighted by atomic mass is 16.7. The van der Waals surface area contributed by atoms with E-state index in [1.165, 1.54) is 6.92 Å². The second-order valence-electron chi connectivity index (χ2n) is 4.31. The van der Waals surface area contributed by atoms with Gasteiger partial charge in [-0.15, -0.1) is 0 Å². The van der Waals surface area contributed by atoms with Gasteiger partial charge in [0.2, 0.25) is 0 Å². The monoisotopic (exact) mass is 226 g/mol. The van der Waals surface area contributed by atoms with E-state index in [0.717, 1.165) is 19.3 Å². The lowest BCUT2D eigenvalue weighted by Crippen LogP contribution is -2.25. The first-order valence-electron chi connectivity index (χ1n) is 5.81. The van der Waals surface area contributed by atoms with Crippen molar-refractivity contribution in [3.05, 3.63) is 12.2 Å². The van der Waals surface area contributed by atoms with E-state index in [9.17, 15) is 4.79 Å². The van der Waals surface area contributed by atoms with Gasteiger partial charge in [-0.05, 0) is 19.3 Å². The topological polar surface area (TPSA) is 44.8 Å². The normalized spacial score (nSPS) is 33.9. The van der Waals surface area contributed by atoms with E-state index in [1.807, 2.05) is 0 Å². The number of allylic oxidation sites excluding steroid dienone is 2. The fourth-order valence-electron chi connectivity index (χ4n) is 2.08. The molecular formula is C12H18O4. The van der Waals surface area contributed by atoms with Crippen LogP contribution in [0.2, 0.25) is 0 Å². The van der Waals surface area contributed by atoms with E-state index in [-0.39, 0.29) is 18.4 Å². The minimum absolute atomic E-state index is 0.0974. The molecule has 2 aliphatic rings. The van der Waals surface area contributed by atoms with Crippen LogP contribution in [0.25, 0.3) is 0 Å². The van der Waals surface area contributed by atoms with Crippen molar-refractivity contribution in [2.24, 2.45) is 5.92 Å². The van der Waals surface area contributed by atoms with Crippen molar-refractivity contribution in [3.63, 3.8) is 0 Å². The van der Waals surface area contributed by atoms with Crippen LogP contribution in [0.3, 0.4) is 0 Å². The summed E-state index contributed by atoms with van der Waals surface area (Å²) in [5.74, 6) is 0.181. The first-order valence-corrected chi connectivity index (χ1v) is 5.81. The molecule has 0 aromatic heterocycles. The molecule has 0 unspecified atom stereocenters. The zero-order valence-electron chi connectivity index (χ0n) is 9.56. The van der Waals surface area contributed by atoms with Gasteiger partial charge < -0.3 is 14.2 Å². The molecular weight excluding hydrogens is 208 g/mol. The molecule has 1 fully saturated rings. The van der Waals surface area contributed by atoms with Crippen molar-refractivity contribution >= 4 is 5.97 Å². The standard InChI is InChI=1S/C12H18O4/c1-9(13)14-7-11-8-15-12(16-11)10-5-3-2-4-6-10/h2-3,10-12H,4-8H2,1H3/t10-,11-,12-/m0/s1. The molecule has 2 rings (SSSR count). The highest BCUT2D eigenvalue weighted by Gasteiger charge is 2.32. The Morgan fingerprint density at radius 2 is 2.38 bits per heavy atom. The molecule has 1 aliphatic heterocycles. The molecule has 0 radical (unpaired) electrons. The second kappa shape index (κ2) is 5.46. The number of rotatable bonds is 3. The van der Waals surface area contributed by atoms with E-state index in [1.54, 1.807) is 0 Å². The number of carbonyl (C=O) groups excluding carboxylic acids is 1. The van der Waals surface area contributed by atoms with Gasteiger partial charge in [0.05, 0.1) is 6.61 Å². The first-order chi connectivity index (χ1) is 7.75. The van der Waals surface area contributed by atoms with Crippen LogP contribution in [-0.2, 0) is 19.0 Å². The van der Waals surface area contributed by atoms with Gasteiger partial charge in [0.15, 0.2) is 6.29 Å². The summed E-state index contributed by atoms with van der Waals surface area (Å²) in [6.07, 6.45) is 7.39. The Morgan fingerprint density at radius 3 is 3.06 bits per heavy atom. The van der Waals surface area contributed by atoms with Crippen LogP contribution in [0.5, 0.6) is 0 Å². The number of ether oxygens (including phenoxy) is 3. The molecule has 4 heteroatoms. The number of hydrogen-bond acceptors (Lipinski definition) is 4. The van der Waals surface area contributed by atoms with Crippen molar-refractivity contribution in [1.29, 1.82) is 0 Å². The summed E-state index contributed by atoms with van der Waals surface area (Å²) >= 11 is 0. The Kier molecular flexibility index (Phi) is 3.96. The van der Waals surface area contributed by atoms with Gasteiger partial charge in [-0.25, -0.2) is 0 Å². The minimum atomic E-state index is -0.271. The maximum Gasteiger partial charge on any atom is 0.302 e. The van der Waals surface area contributed by atoms with E-state index < -0.39 is 0 Å². The fourth-order valence-corrected chi connectivity index (χ4v) is 2.08. The largest absolute Gasteiger partial charge is 0.463 e. The Bertz CT molecular complexity index is 274. The molecule has 0 spiro atoms. The SMILES string of the molecule is CC(=O)OC[C@H]1CO[C@H]([C@H]2CC=CCC2)O1. The average molecular weight is 226 g/mol. The summed E-state index contributed by atoms with van der Waals surface area (Å²) in [5.41, 5.74) is 0. The fraction of sp³-hybridized carbons (Fsp3) is 0.750. The molecule has 0 bridgehead atoms. The highest BCUT2D eigenvalue weighted by molar-refractivity contribution is 5.65. The van der Waals surface area contributed by atoms with Crippen LogP contribution in [0, 0.1) is 5.92 Å². The predicted molar refractivity (Wildman–Crippen MR) is 57.7 cm³/mol. The maximum absolute atomic E-state index is 10.7. The van der Waals surface area contributed by atoms with Gasteiger partial charge in [0.1, 0.15) is 12.7 Å². The molecule has 0 aromatic carbocycles.